The lowest BCUT2D eigenvalue weighted by Gasteiger charge is -2.37. The van der Waals surface area contributed by atoms with Crippen molar-refractivity contribution in [3.05, 3.63) is 144 Å². The van der Waals surface area contributed by atoms with Crippen LogP contribution in [-0.4, -0.2) is 98.3 Å². The molecule has 4 aliphatic rings. The van der Waals surface area contributed by atoms with E-state index in [4.69, 9.17) is 36.2 Å². The molecule has 0 radical (unpaired) electrons. The van der Waals surface area contributed by atoms with Crippen LogP contribution in [0.15, 0.2) is 121 Å². The summed E-state index contributed by atoms with van der Waals surface area (Å²) in [7, 11) is 0. The third-order valence-electron chi connectivity index (χ3n) is 14.8. The minimum Gasteiger partial charge on any atom is -0.457 e. The molecule has 2 atom stereocenters. The number of nitrogens with one attached hydrogen (secondary N) is 2. The molecular weight excluding hydrogens is 1020 g/mol. The summed E-state index contributed by atoms with van der Waals surface area (Å²) >= 11 is 0. The Morgan fingerprint density at radius 1 is 0.605 bits per heavy atom. The molecule has 0 spiro atoms. The molecular formula is C62H70N12O7. The molecule has 4 amide bonds. The van der Waals surface area contributed by atoms with Crippen LogP contribution in [0.3, 0.4) is 0 Å². The lowest BCUT2D eigenvalue weighted by Crippen LogP contribution is -2.42. The number of rotatable bonds is 14. The van der Waals surface area contributed by atoms with Gasteiger partial charge < -0.3 is 46.4 Å². The smallest absolute Gasteiger partial charge is 0.269 e. The third kappa shape index (κ3) is 14.2. The zero-order valence-electron chi connectivity index (χ0n) is 46.3. The number of hydrogen-bond acceptors (Lipinski definition) is 13. The fourth-order valence-corrected chi connectivity index (χ4v) is 10.9. The van der Waals surface area contributed by atoms with Crippen molar-refractivity contribution in [2.75, 3.05) is 50.1 Å². The quantitative estimate of drug-likeness (QED) is 0.0450. The van der Waals surface area contributed by atoms with Crippen molar-refractivity contribution < 1.29 is 33.4 Å². The number of allylic oxidation sites excluding steroid dienone is 1. The molecule has 4 aromatic carbocycles. The number of carbonyl (C=O) groups excluding carboxylic acids is 5. The van der Waals surface area contributed by atoms with E-state index in [1.165, 1.54) is 0 Å². The summed E-state index contributed by atoms with van der Waals surface area (Å²) in [6.45, 7) is 11.4. The predicted octanol–water partition coefficient (Wildman–Crippen LogP) is 9.28. The zero-order valence-corrected chi connectivity index (χ0v) is 46.3. The number of primary amides is 2. The minimum absolute atomic E-state index is 0.0804. The van der Waals surface area contributed by atoms with E-state index in [0.29, 0.717) is 85.4 Å². The Morgan fingerprint density at radius 3 is 1.36 bits per heavy atom. The van der Waals surface area contributed by atoms with Crippen LogP contribution in [0.4, 0.5) is 0 Å². The maximum absolute atomic E-state index is 12.9. The van der Waals surface area contributed by atoms with Crippen molar-refractivity contribution in [1.29, 1.82) is 10.5 Å². The number of nitriles is 2. The molecule has 2 unspecified atom stereocenters. The third-order valence-corrected chi connectivity index (χ3v) is 14.8. The van der Waals surface area contributed by atoms with Crippen molar-refractivity contribution in [2.24, 2.45) is 35.1 Å². The van der Waals surface area contributed by atoms with Crippen LogP contribution in [0.5, 0.6) is 23.0 Å². The van der Waals surface area contributed by atoms with Crippen LogP contribution >= 0.6 is 0 Å². The normalized spacial score (nSPS) is 17.0. The molecule has 2 saturated heterocycles. The van der Waals surface area contributed by atoms with Gasteiger partial charge in [-0.15, -0.1) is 0 Å². The summed E-state index contributed by atoms with van der Waals surface area (Å²) in [5.74, 6) is 4.27. The summed E-state index contributed by atoms with van der Waals surface area (Å²) in [4.78, 5) is 73.1. The Labute approximate surface area is 472 Å². The zero-order chi connectivity index (χ0) is 57.6. The van der Waals surface area contributed by atoms with Crippen molar-refractivity contribution in [3.63, 3.8) is 0 Å². The number of aldehydes is 1. The SMILES string of the molecule is CC(C)/C=C(\C#N)C(=O)N1CCC(C2CCNn3c2nc(-c2ccc(Oc4ccccc4)cc2)c3C(N)=O)CC1.CC(C)C=O.N#CCC(=O)N1CCC(C2CCNn3c2nc(-c2ccc(Oc4ccccc4)cc2)c3C(N)=O)CC1. The first-order chi connectivity index (χ1) is 39.2. The topological polar surface area (TPSA) is 270 Å². The van der Waals surface area contributed by atoms with E-state index < -0.39 is 11.8 Å². The highest BCUT2D eigenvalue weighted by Gasteiger charge is 2.39. The highest BCUT2D eigenvalue weighted by Crippen LogP contribution is 2.41. The first-order valence-corrected chi connectivity index (χ1v) is 27.7. The van der Waals surface area contributed by atoms with Gasteiger partial charge in [-0.05, 0) is 129 Å². The van der Waals surface area contributed by atoms with Gasteiger partial charge in [0.25, 0.3) is 17.7 Å². The van der Waals surface area contributed by atoms with Crippen molar-refractivity contribution in [1.82, 2.24) is 29.1 Å². The van der Waals surface area contributed by atoms with E-state index in [-0.39, 0.29) is 47.5 Å². The summed E-state index contributed by atoms with van der Waals surface area (Å²) < 4.78 is 15.3. The number of hydrogen-bond donors (Lipinski definition) is 4. The first-order valence-electron chi connectivity index (χ1n) is 27.7. The summed E-state index contributed by atoms with van der Waals surface area (Å²) in [6, 6.07) is 38.0. The van der Waals surface area contributed by atoms with E-state index >= 15 is 0 Å². The highest BCUT2D eigenvalue weighted by atomic mass is 16.5. The monoisotopic (exact) mass is 1090 g/mol. The van der Waals surface area contributed by atoms with Gasteiger partial charge in [-0.25, -0.2) is 19.3 Å². The molecule has 2 aromatic heterocycles. The molecule has 420 valence electrons. The van der Waals surface area contributed by atoms with Gasteiger partial charge in [0.15, 0.2) is 11.4 Å². The number of amides is 4. The Morgan fingerprint density at radius 2 is 1.00 bits per heavy atom. The predicted molar refractivity (Wildman–Crippen MR) is 307 cm³/mol. The number of ether oxygens (including phenoxy) is 2. The van der Waals surface area contributed by atoms with Gasteiger partial charge in [-0.2, -0.15) is 10.5 Å². The molecule has 6 heterocycles. The standard InChI is InChI=1S/C31H34N6O3.C27H28N6O3.C4H8O/c1-20(2)18-23(19-32)31(39)36-16-13-21(14-17-36)26-12-15-34-37-28(29(33)38)27(35-30(26)37)22-8-10-25(11-9-22)40-24-6-4-3-5-7-24;28-14-10-23(34)32-16-12-18(13-17-32)22-11-15-30-33-25(26(29)35)24(31-27(22)33)19-6-8-21(9-7-19)36-20-4-2-1-3-5-20;1-4(2)3-5/h3-11,18,20-21,26,34H,12-17H2,1-2H3,(H2,33,38);1-9,18,22,30H,10-13,15-17H2,(H2,29,35);3-4H,1-2H3/b23-18+;;. The minimum atomic E-state index is -0.548. The molecule has 10 rings (SSSR count). The Hall–Kier alpha value is -9.23. The molecule has 19 heteroatoms. The van der Waals surface area contributed by atoms with Gasteiger partial charge in [0.1, 0.15) is 70.4 Å². The Balaban J connectivity index is 0.000000197. The lowest BCUT2D eigenvalue weighted by atomic mass is 9.81. The van der Waals surface area contributed by atoms with E-state index in [9.17, 15) is 29.2 Å². The lowest BCUT2D eigenvalue weighted by molar-refractivity contribution is -0.131. The maximum atomic E-state index is 12.9. The van der Waals surface area contributed by atoms with Gasteiger partial charge in [-0.3, -0.25) is 19.2 Å². The largest absolute Gasteiger partial charge is 0.457 e. The summed E-state index contributed by atoms with van der Waals surface area (Å²) in [5.41, 5.74) is 21.8. The molecule has 6 N–H and O–H groups in total. The van der Waals surface area contributed by atoms with E-state index in [0.717, 1.165) is 79.1 Å². The van der Waals surface area contributed by atoms with Crippen molar-refractivity contribution in [3.8, 4) is 57.7 Å². The number of para-hydroxylation sites is 2. The van der Waals surface area contributed by atoms with Crippen LogP contribution in [-0.2, 0) is 14.4 Å². The molecule has 0 bridgehead atoms. The number of benzene rings is 4. The highest BCUT2D eigenvalue weighted by molar-refractivity contribution is 5.99. The Kier molecular flexibility index (Phi) is 19.4. The second kappa shape index (κ2) is 27.1. The molecule has 0 saturated carbocycles. The summed E-state index contributed by atoms with van der Waals surface area (Å²) in [5, 5.41) is 18.3. The number of fused-ring (bicyclic) bond motifs is 2. The molecule has 2 fully saturated rings. The number of piperidine rings is 2. The van der Waals surface area contributed by atoms with Gasteiger partial charge in [-0.1, -0.05) is 70.2 Å². The number of carbonyl (C=O) groups is 5. The fourth-order valence-electron chi connectivity index (χ4n) is 10.9. The number of likely N-dealkylation sites (tertiary alicyclic amines) is 2. The van der Waals surface area contributed by atoms with Crippen molar-refractivity contribution in [2.45, 2.75) is 84.5 Å². The van der Waals surface area contributed by atoms with Gasteiger partial charge in [0, 0.05) is 68.1 Å². The first kappa shape index (κ1) is 57.9. The molecule has 0 aliphatic carbocycles. The van der Waals surface area contributed by atoms with Crippen LogP contribution < -0.4 is 31.8 Å². The van der Waals surface area contributed by atoms with E-state index in [1.807, 2.05) is 143 Å². The molecule has 81 heavy (non-hydrogen) atoms. The van der Waals surface area contributed by atoms with Crippen LogP contribution in [0.25, 0.3) is 22.5 Å². The second-order valence-electron chi connectivity index (χ2n) is 21.2. The second-order valence-corrected chi connectivity index (χ2v) is 21.2. The molecule has 4 aliphatic heterocycles. The van der Waals surface area contributed by atoms with Crippen LogP contribution in [0.2, 0.25) is 0 Å². The van der Waals surface area contributed by atoms with Gasteiger partial charge in [0.05, 0.1) is 6.07 Å². The number of nitrogens with zero attached hydrogens (tertiary/aromatic N) is 8. The average Bonchev–Trinajstić information content (AvgIpc) is 4.12. The van der Waals surface area contributed by atoms with Crippen LogP contribution in [0.1, 0.15) is 117 Å². The maximum Gasteiger partial charge on any atom is 0.269 e. The van der Waals surface area contributed by atoms with E-state index in [2.05, 4.69) is 16.9 Å². The van der Waals surface area contributed by atoms with Gasteiger partial charge in [0.2, 0.25) is 5.91 Å². The number of nitrogens with two attached hydrogens (primary N) is 2. The number of aromatic nitrogens is 4. The van der Waals surface area contributed by atoms with E-state index in [1.54, 1.807) is 25.2 Å². The average molecular weight is 1100 g/mol. The molecule has 6 aromatic rings. The fraction of sp³-hybridized carbons (Fsp3) is 0.371. The summed E-state index contributed by atoms with van der Waals surface area (Å²) in [6.07, 6.45) is 7.59. The van der Waals surface area contributed by atoms with Gasteiger partial charge >= 0.3 is 0 Å². The van der Waals surface area contributed by atoms with Crippen molar-refractivity contribution >= 4 is 29.9 Å². The Bertz CT molecular complexity index is 3270. The molecule has 19 nitrogen and oxygen atoms in total. The number of imidazole rings is 2. The van der Waals surface area contributed by atoms with Crippen LogP contribution in [0, 0.1) is 46.3 Å².